The minimum Gasteiger partial charge on any atom is -0.316 e. The Morgan fingerprint density at radius 3 is 2.20 bits per heavy atom. The number of aromatic nitrogens is 1. The summed E-state index contributed by atoms with van der Waals surface area (Å²) in [7, 11) is 0. The molecule has 0 spiro atoms. The van der Waals surface area contributed by atoms with Crippen molar-refractivity contribution in [2.24, 2.45) is 5.73 Å². The van der Waals surface area contributed by atoms with Gasteiger partial charge in [0.1, 0.15) is 16.3 Å². The molecule has 0 aliphatic rings. The number of alkyl halides is 3. The van der Waals surface area contributed by atoms with Crippen molar-refractivity contribution in [1.82, 2.24) is 4.98 Å². The van der Waals surface area contributed by atoms with Crippen molar-refractivity contribution < 1.29 is 13.2 Å². The first-order chi connectivity index (χ1) is 6.32. The lowest BCUT2D eigenvalue weighted by atomic mass is 10.1. The minimum atomic E-state index is -4.54. The Balaban J connectivity index is 0.00000196. The maximum atomic E-state index is 12.2. The molecule has 0 bridgehead atoms. The Bertz CT molecular complexity index is 343. The van der Waals surface area contributed by atoms with Crippen LogP contribution in [0.2, 0.25) is 10.3 Å². The largest absolute Gasteiger partial charge is 0.407 e. The first-order valence-electron chi connectivity index (χ1n) is 3.46. The third kappa shape index (κ3) is 3.68. The van der Waals surface area contributed by atoms with Crippen LogP contribution in [0.5, 0.6) is 0 Å². The summed E-state index contributed by atoms with van der Waals surface area (Å²) in [6.07, 6.45) is -4.54. The highest BCUT2D eigenvalue weighted by Gasteiger charge is 2.39. The molecule has 0 aliphatic carbocycles. The summed E-state index contributed by atoms with van der Waals surface area (Å²) in [5.41, 5.74) is 4.64. The molecule has 1 aromatic heterocycles. The molecule has 86 valence electrons. The van der Waals surface area contributed by atoms with E-state index in [2.05, 4.69) is 4.98 Å². The fraction of sp³-hybridized carbons (Fsp3) is 0.286. The molecule has 0 aromatic carbocycles. The van der Waals surface area contributed by atoms with E-state index in [9.17, 15) is 13.2 Å². The second-order valence-corrected chi connectivity index (χ2v) is 3.28. The fourth-order valence-corrected chi connectivity index (χ4v) is 1.29. The van der Waals surface area contributed by atoms with E-state index in [0.717, 1.165) is 6.07 Å². The number of nitrogens with two attached hydrogens (primary N) is 1. The second-order valence-electron chi connectivity index (χ2n) is 2.53. The average Bonchev–Trinajstić information content (AvgIpc) is 2.01. The molecule has 0 unspecified atom stereocenters. The maximum absolute atomic E-state index is 12.2. The van der Waals surface area contributed by atoms with Crippen LogP contribution in [-0.4, -0.2) is 11.2 Å². The Kier molecular flexibility index (Phi) is 5.13. The van der Waals surface area contributed by atoms with Gasteiger partial charge in [-0.2, -0.15) is 13.2 Å². The summed E-state index contributed by atoms with van der Waals surface area (Å²) in [6.45, 7) is 0. The van der Waals surface area contributed by atoms with Crippen molar-refractivity contribution in [1.29, 1.82) is 0 Å². The van der Waals surface area contributed by atoms with Crippen molar-refractivity contribution in [3.8, 4) is 0 Å². The molecule has 2 N–H and O–H groups in total. The molecule has 0 aliphatic heterocycles. The van der Waals surface area contributed by atoms with Gasteiger partial charge in [-0.1, -0.05) is 29.3 Å². The molecule has 0 fully saturated rings. The number of nitrogens with zero attached hydrogens (tertiary/aromatic N) is 1. The number of hydrogen-bond acceptors (Lipinski definition) is 2. The highest BCUT2D eigenvalue weighted by atomic mass is 35.5. The monoisotopic (exact) mass is 280 g/mol. The topological polar surface area (TPSA) is 38.9 Å². The predicted octanol–water partition coefficient (Wildman–Crippen LogP) is 3.37. The van der Waals surface area contributed by atoms with E-state index in [0.29, 0.717) is 0 Å². The first-order valence-corrected chi connectivity index (χ1v) is 4.22. The van der Waals surface area contributed by atoms with E-state index in [-0.39, 0.29) is 28.3 Å². The zero-order valence-electron chi connectivity index (χ0n) is 7.05. The van der Waals surface area contributed by atoms with Crippen LogP contribution in [-0.2, 0) is 0 Å². The van der Waals surface area contributed by atoms with Gasteiger partial charge < -0.3 is 5.73 Å². The fourth-order valence-electron chi connectivity index (χ4n) is 0.831. The molecule has 1 atom stereocenters. The summed E-state index contributed by atoms with van der Waals surface area (Å²) in [5, 5.41) is -0.310. The van der Waals surface area contributed by atoms with Gasteiger partial charge >= 0.3 is 6.18 Å². The number of hydrogen-bond donors (Lipinski definition) is 1. The van der Waals surface area contributed by atoms with Crippen LogP contribution < -0.4 is 5.73 Å². The lowest BCUT2D eigenvalue weighted by molar-refractivity contribution is -0.149. The molecule has 0 saturated heterocycles. The smallest absolute Gasteiger partial charge is 0.316 e. The molecule has 8 heteroatoms. The maximum Gasteiger partial charge on any atom is 0.407 e. The third-order valence-corrected chi connectivity index (χ3v) is 2.04. The molecular weight excluding hydrogens is 275 g/mol. The van der Waals surface area contributed by atoms with E-state index in [4.69, 9.17) is 28.9 Å². The van der Waals surface area contributed by atoms with Gasteiger partial charge in [0, 0.05) is 5.56 Å². The van der Waals surface area contributed by atoms with Crippen LogP contribution >= 0.6 is 35.6 Å². The summed E-state index contributed by atoms with van der Waals surface area (Å²) >= 11 is 10.9. The standard InChI is InChI=1S/C7H5Cl2F3N2.ClH/c8-4-2-1-3(6(9)14-4)5(13)7(10,11)12;/h1-2,5H,13H2;1H/t5-;/m0./s1. The van der Waals surface area contributed by atoms with Gasteiger partial charge in [0.15, 0.2) is 0 Å². The minimum absolute atomic E-state index is 0. The van der Waals surface area contributed by atoms with E-state index in [1.807, 2.05) is 0 Å². The van der Waals surface area contributed by atoms with Gasteiger partial charge in [-0.15, -0.1) is 12.4 Å². The molecule has 15 heavy (non-hydrogen) atoms. The molecule has 0 radical (unpaired) electrons. The van der Waals surface area contributed by atoms with Crippen LogP contribution in [0, 0.1) is 0 Å². The Morgan fingerprint density at radius 1 is 1.27 bits per heavy atom. The highest BCUT2D eigenvalue weighted by molar-refractivity contribution is 6.32. The van der Waals surface area contributed by atoms with Gasteiger partial charge in [-0.25, -0.2) is 4.98 Å². The zero-order valence-corrected chi connectivity index (χ0v) is 9.38. The van der Waals surface area contributed by atoms with Crippen LogP contribution in [0.15, 0.2) is 12.1 Å². The van der Waals surface area contributed by atoms with Gasteiger partial charge in [-0.05, 0) is 6.07 Å². The summed E-state index contributed by atoms with van der Waals surface area (Å²) in [4.78, 5) is 3.46. The average molecular weight is 281 g/mol. The lowest BCUT2D eigenvalue weighted by Crippen LogP contribution is -2.28. The quantitative estimate of drug-likeness (QED) is 0.802. The summed E-state index contributed by atoms with van der Waals surface area (Å²) in [6, 6.07) is 0.171. The van der Waals surface area contributed by atoms with Crippen LogP contribution in [0.1, 0.15) is 11.6 Å². The van der Waals surface area contributed by atoms with Crippen molar-refractivity contribution >= 4 is 35.6 Å². The van der Waals surface area contributed by atoms with Crippen molar-refractivity contribution in [3.63, 3.8) is 0 Å². The summed E-state index contributed by atoms with van der Waals surface area (Å²) in [5.74, 6) is 0. The normalized spacial score (nSPS) is 13.2. The number of rotatable bonds is 1. The van der Waals surface area contributed by atoms with E-state index in [1.54, 1.807) is 0 Å². The number of pyridine rings is 1. The lowest BCUT2D eigenvalue weighted by Gasteiger charge is -2.16. The number of halogens is 6. The molecule has 1 aromatic rings. The van der Waals surface area contributed by atoms with E-state index < -0.39 is 12.2 Å². The van der Waals surface area contributed by atoms with Gasteiger partial charge in [0.05, 0.1) is 0 Å². The van der Waals surface area contributed by atoms with Crippen molar-refractivity contribution in [2.45, 2.75) is 12.2 Å². The second kappa shape index (κ2) is 5.21. The summed E-state index contributed by atoms with van der Waals surface area (Å²) < 4.78 is 36.5. The first kappa shape index (κ1) is 14.8. The Morgan fingerprint density at radius 2 is 1.80 bits per heavy atom. The Labute approximate surface area is 100.0 Å². The molecule has 0 amide bonds. The zero-order chi connectivity index (χ0) is 10.9. The van der Waals surface area contributed by atoms with Crippen molar-refractivity contribution in [3.05, 3.63) is 28.0 Å². The third-order valence-electron chi connectivity index (χ3n) is 1.53. The highest BCUT2D eigenvalue weighted by Crippen LogP contribution is 2.33. The van der Waals surface area contributed by atoms with Gasteiger partial charge in [0.25, 0.3) is 0 Å². The van der Waals surface area contributed by atoms with Crippen LogP contribution in [0.3, 0.4) is 0 Å². The molecule has 2 nitrogen and oxygen atoms in total. The van der Waals surface area contributed by atoms with Gasteiger partial charge in [0.2, 0.25) is 0 Å². The van der Waals surface area contributed by atoms with Crippen LogP contribution in [0.4, 0.5) is 13.2 Å². The van der Waals surface area contributed by atoms with E-state index >= 15 is 0 Å². The van der Waals surface area contributed by atoms with Crippen LogP contribution in [0.25, 0.3) is 0 Å². The van der Waals surface area contributed by atoms with E-state index in [1.165, 1.54) is 6.07 Å². The SMILES string of the molecule is Cl.N[C@@H](c1ccc(Cl)nc1Cl)C(F)(F)F. The molecule has 1 heterocycles. The Hall–Kier alpha value is -0.230. The molecule has 0 saturated carbocycles. The predicted molar refractivity (Wildman–Crippen MR) is 54.5 cm³/mol. The molecular formula is C7H6Cl3F3N2. The van der Waals surface area contributed by atoms with Crippen molar-refractivity contribution in [2.75, 3.05) is 0 Å². The van der Waals surface area contributed by atoms with Gasteiger partial charge in [-0.3, -0.25) is 0 Å². The molecule has 1 rings (SSSR count).